The molecule has 1 aliphatic carbocycles. The Hall–Kier alpha value is -1.97. The number of carbonyl (C=O) groups is 1. The predicted molar refractivity (Wildman–Crippen MR) is 80.7 cm³/mol. The summed E-state index contributed by atoms with van der Waals surface area (Å²) in [5.74, 6) is 1.15. The first-order chi connectivity index (χ1) is 9.74. The molecule has 1 aliphatic rings. The lowest BCUT2D eigenvalue weighted by atomic mass is 9.94. The number of amides is 1. The summed E-state index contributed by atoms with van der Waals surface area (Å²) in [4.78, 5) is 10.6. The summed E-state index contributed by atoms with van der Waals surface area (Å²) >= 11 is 0. The molecule has 0 radical (unpaired) electrons. The van der Waals surface area contributed by atoms with Gasteiger partial charge in [0.2, 0.25) is 5.91 Å². The smallest absolute Gasteiger partial charge is 0.220 e. The molecule has 3 N–H and O–H groups in total. The van der Waals surface area contributed by atoms with Crippen molar-refractivity contribution in [3.05, 3.63) is 36.4 Å². The van der Waals surface area contributed by atoms with Gasteiger partial charge in [0, 0.05) is 12.2 Å². The van der Waals surface area contributed by atoms with Crippen LogP contribution in [0.1, 0.15) is 25.7 Å². The molecule has 2 rings (SSSR count). The lowest BCUT2D eigenvalue weighted by Crippen LogP contribution is -2.15. The average molecular weight is 274 g/mol. The number of anilines is 1. The lowest BCUT2D eigenvalue weighted by molar-refractivity contribution is -0.118. The number of rotatable bonds is 7. The number of primary amides is 1. The minimum absolute atomic E-state index is 0.245. The van der Waals surface area contributed by atoms with E-state index in [1.54, 1.807) is 0 Å². The number of nitrogens with two attached hydrogens (primary N) is 1. The Bertz CT molecular complexity index is 454. The van der Waals surface area contributed by atoms with E-state index in [1.807, 2.05) is 24.3 Å². The quantitative estimate of drug-likeness (QED) is 0.751. The Kier molecular flexibility index (Phi) is 5.47. The van der Waals surface area contributed by atoms with Gasteiger partial charge in [-0.15, -0.1) is 0 Å². The molecule has 0 aromatic heterocycles. The predicted octanol–water partition coefficient (Wildman–Crippen LogP) is 2.71. The van der Waals surface area contributed by atoms with Gasteiger partial charge in [-0.3, -0.25) is 4.79 Å². The molecular formula is C16H22N2O2. The monoisotopic (exact) mass is 274 g/mol. The summed E-state index contributed by atoms with van der Waals surface area (Å²) < 4.78 is 5.43. The zero-order valence-corrected chi connectivity index (χ0v) is 11.7. The highest BCUT2D eigenvalue weighted by atomic mass is 16.5. The first-order valence-corrected chi connectivity index (χ1v) is 7.14. The molecule has 0 heterocycles. The topological polar surface area (TPSA) is 64.4 Å². The molecule has 1 aromatic carbocycles. The summed E-state index contributed by atoms with van der Waals surface area (Å²) in [6.45, 7) is 1.34. The number of allylic oxidation sites excluding steroid dienone is 2. The van der Waals surface area contributed by atoms with Gasteiger partial charge in [-0.2, -0.15) is 0 Å². The molecule has 1 amide bonds. The van der Waals surface area contributed by atoms with Crippen LogP contribution in [-0.2, 0) is 4.79 Å². The fourth-order valence-electron chi connectivity index (χ4n) is 2.24. The van der Waals surface area contributed by atoms with Crippen molar-refractivity contribution in [1.29, 1.82) is 0 Å². The third kappa shape index (κ3) is 4.96. The number of nitrogens with one attached hydrogen (secondary N) is 1. The second-order valence-corrected chi connectivity index (χ2v) is 5.12. The molecule has 1 unspecified atom stereocenters. The van der Waals surface area contributed by atoms with E-state index in [0.717, 1.165) is 23.9 Å². The zero-order chi connectivity index (χ0) is 14.2. The Morgan fingerprint density at radius 2 is 2.10 bits per heavy atom. The number of benzene rings is 1. The number of hydrogen-bond acceptors (Lipinski definition) is 3. The normalized spacial score (nSPS) is 17.7. The van der Waals surface area contributed by atoms with Gasteiger partial charge in [0.25, 0.3) is 0 Å². The Balaban J connectivity index is 1.73. The molecule has 0 fully saturated rings. The van der Waals surface area contributed by atoms with Crippen molar-refractivity contribution in [3.63, 3.8) is 0 Å². The standard InChI is InChI=1S/C16H22N2O2/c17-16(19)10-11-20-15-8-6-14(7-9-15)18-12-13-4-2-1-3-5-13/h1-2,6-9,13,18H,3-5,10-12H2,(H2,17,19). The molecule has 20 heavy (non-hydrogen) atoms. The van der Waals surface area contributed by atoms with Gasteiger partial charge in [-0.25, -0.2) is 0 Å². The van der Waals surface area contributed by atoms with Gasteiger partial charge in [-0.1, -0.05) is 12.2 Å². The third-order valence-electron chi connectivity index (χ3n) is 3.44. The van der Waals surface area contributed by atoms with Crippen LogP contribution in [0, 0.1) is 5.92 Å². The van der Waals surface area contributed by atoms with Crippen LogP contribution in [0.5, 0.6) is 5.75 Å². The highest BCUT2D eigenvalue weighted by Crippen LogP contribution is 2.20. The second-order valence-electron chi connectivity index (χ2n) is 5.12. The number of ether oxygens (including phenoxy) is 1. The maximum absolute atomic E-state index is 10.6. The van der Waals surface area contributed by atoms with Gasteiger partial charge in [-0.05, 0) is 49.4 Å². The van der Waals surface area contributed by atoms with Gasteiger partial charge >= 0.3 is 0 Å². The van der Waals surface area contributed by atoms with Gasteiger partial charge < -0.3 is 15.8 Å². The second kappa shape index (κ2) is 7.58. The van der Waals surface area contributed by atoms with Gasteiger partial charge in [0.05, 0.1) is 13.0 Å². The van der Waals surface area contributed by atoms with E-state index in [1.165, 1.54) is 19.3 Å². The Labute approximate surface area is 120 Å². The van der Waals surface area contributed by atoms with Crippen LogP contribution in [0.2, 0.25) is 0 Å². The summed E-state index contributed by atoms with van der Waals surface area (Å²) in [5, 5.41) is 3.45. The van der Waals surface area contributed by atoms with Gasteiger partial charge in [0.15, 0.2) is 0 Å². The SMILES string of the molecule is NC(=O)CCOc1ccc(NCC2CC=CCC2)cc1. The molecular weight excluding hydrogens is 252 g/mol. The van der Waals surface area contributed by atoms with Crippen molar-refractivity contribution >= 4 is 11.6 Å². The molecule has 0 saturated heterocycles. The van der Waals surface area contributed by atoms with Crippen LogP contribution < -0.4 is 15.8 Å². The number of hydrogen-bond donors (Lipinski definition) is 2. The van der Waals surface area contributed by atoms with Crippen molar-refractivity contribution in [1.82, 2.24) is 0 Å². The first-order valence-electron chi connectivity index (χ1n) is 7.14. The van der Waals surface area contributed by atoms with Crippen molar-refractivity contribution in [2.24, 2.45) is 11.7 Å². The maximum atomic E-state index is 10.6. The fourth-order valence-corrected chi connectivity index (χ4v) is 2.24. The summed E-state index contributed by atoms with van der Waals surface area (Å²) in [7, 11) is 0. The minimum Gasteiger partial charge on any atom is -0.493 e. The Morgan fingerprint density at radius 1 is 1.30 bits per heavy atom. The molecule has 1 aromatic rings. The lowest BCUT2D eigenvalue weighted by Gasteiger charge is -2.18. The molecule has 1 atom stereocenters. The van der Waals surface area contributed by atoms with E-state index in [9.17, 15) is 4.79 Å². The van der Waals surface area contributed by atoms with E-state index in [-0.39, 0.29) is 12.3 Å². The molecule has 4 nitrogen and oxygen atoms in total. The highest BCUT2D eigenvalue weighted by Gasteiger charge is 2.09. The highest BCUT2D eigenvalue weighted by molar-refractivity contribution is 5.73. The van der Waals surface area contributed by atoms with E-state index in [0.29, 0.717) is 6.61 Å². The van der Waals surface area contributed by atoms with Crippen LogP contribution >= 0.6 is 0 Å². The summed E-state index contributed by atoms with van der Waals surface area (Å²) in [5.41, 5.74) is 6.16. The van der Waals surface area contributed by atoms with Crippen molar-refractivity contribution in [2.75, 3.05) is 18.5 Å². The summed E-state index contributed by atoms with van der Waals surface area (Å²) in [6, 6.07) is 7.81. The fraction of sp³-hybridized carbons (Fsp3) is 0.438. The van der Waals surface area contributed by atoms with Crippen LogP contribution in [0.3, 0.4) is 0 Å². The Morgan fingerprint density at radius 3 is 2.75 bits per heavy atom. The summed E-state index contributed by atoms with van der Waals surface area (Å²) in [6.07, 6.45) is 8.40. The number of carbonyl (C=O) groups excluding carboxylic acids is 1. The molecule has 0 saturated carbocycles. The molecule has 0 bridgehead atoms. The molecule has 108 valence electrons. The molecule has 0 spiro atoms. The third-order valence-corrected chi connectivity index (χ3v) is 3.44. The first kappa shape index (κ1) is 14.4. The van der Waals surface area contributed by atoms with Crippen LogP contribution in [0.4, 0.5) is 5.69 Å². The average Bonchev–Trinajstić information content (AvgIpc) is 2.47. The van der Waals surface area contributed by atoms with Crippen LogP contribution in [0.25, 0.3) is 0 Å². The van der Waals surface area contributed by atoms with E-state index >= 15 is 0 Å². The zero-order valence-electron chi connectivity index (χ0n) is 11.7. The maximum Gasteiger partial charge on any atom is 0.220 e. The van der Waals surface area contributed by atoms with Gasteiger partial charge in [0.1, 0.15) is 5.75 Å². The molecule has 0 aliphatic heterocycles. The van der Waals surface area contributed by atoms with Crippen LogP contribution in [-0.4, -0.2) is 19.1 Å². The van der Waals surface area contributed by atoms with Crippen molar-refractivity contribution in [3.8, 4) is 5.75 Å². The van der Waals surface area contributed by atoms with Crippen LogP contribution in [0.15, 0.2) is 36.4 Å². The van der Waals surface area contributed by atoms with Crippen molar-refractivity contribution < 1.29 is 9.53 Å². The van der Waals surface area contributed by atoms with E-state index in [2.05, 4.69) is 17.5 Å². The minimum atomic E-state index is -0.343. The largest absolute Gasteiger partial charge is 0.493 e. The van der Waals surface area contributed by atoms with E-state index in [4.69, 9.17) is 10.5 Å². The van der Waals surface area contributed by atoms with E-state index < -0.39 is 0 Å². The molecule has 4 heteroatoms. The van der Waals surface area contributed by atoms with Crippen molar-refractivity contribution in [2.45, 2.75) is 25.7 Å².